The molecule has 0 aliphatic carbocycles. The van der Waals surface area contributed by atoms with Crippen LogP contribution in [0.4, 0.5) is 0 Å². The molecule has 0 rings (SSSR count). The van der Waals surface area contributed by atoms with Crippen LogP contribution in [0.1, 0.15) is 104 Å². The minimum Gasteiger partial charge on any atom is -0.748 e. The minimum absolute atomic E-state index is 0. The molecule has 0 aromatic rings. The van der Waals surface area contributed by atoms with Crippen LogP contribution in [0.3, 0.4) is 0 Å². The Bertz CT molecular complexity index is 360. The summed E-state index contributed by atoms with van der Waals surface area (Å²) in [6.07, 6.45) is 12.8. The van der Waals surface area contributed by atoms with Crippen molar-refractivity contribution in [3.8, 4) is 0 Å². The van der Waals surface area contributed by atoms with E-state index in [9.17, 15) is 18.1 Å². The van der Waals surface area contributed by atoms with E-state index < -0.39 is 21.5 Å². The molecular weight excluding hydrogens is 351 g/mol. The molecular formula is C18H37KO4S. The molecule has 0 saturated carbocycles. The predicted octanol–water partition coefficient (Wildman–Crippen LogP) is 1.77. The quantitative estimate of drug-likeness (QED) is 0.248. The Morgan fingerprint density at radius 3 is 1.58 bits per heavy atom. The first-order chi connectivity index (χ1) is 10.9. The molecule has 6 heteroatoms. The van der Waals surface area contributed by atoms with Gasteiger partial charge in [-0.25, -0.2) is 8.42 Å². The molecule has 140 valence electrons. The van der Waals surface area contributed by atoms with E-state index in [1.807, 2.05) is 0 Å². The van der Waals surface area contributed by atoms with Gasteiger partial charge in [0, 0.05) is 0 Å². The standard InChI is InChI=1S/C18H38O4S.K/c1-3-5-7-8-9-10-11-12-14-16-18(23(20,21)22)17(19)15-13-6-4-2;/h17-19H,3-16H2,1-2H3,(H,20,21,22);/q;+1/p-1. The van der Waals surface area contributed by atoms with Gasteiger partial charge in [0.1, 0.15) is 10.1 Å². The number of unbranched alkanes of at least 4 members (excludes halogenated alkanes) is 10. The first kappa shape index (κ1) is 27.7. The number of hydrogen-bond donors (Lipinski definition) is 1. The Morgan fingerprint density at radius 1 is 0.750 bits per heavy atom. The van der Waals surface area contributed by atoms with Crippen molar-refractivity contribution < 1.29 is 69.5 Å². The number of hydrogen-bond acceptors (Lipinski definition) is 4. The third-order valence-electron chi connectivity index (χ3n) is 4.50. The molecule has 0 amide bonds. The van der Waals surface area contributed by atoms with Gasteiger partial charge in [-0.15, -0.1) is 0 Å². The van der Waals surface area contributed by atoms with Gasteiger partial charge in [-0.1, -0.05) is 90.9 Å². The molecule has 0 heterocycles. The fraction of sp³-hybridized carbons (Fsp3) is 1.00. The van der Waals surface area contributed by atoms with Gasteiger partial charge in [-0.2, -0.15) is 0 Å². The molecule has 0 aromatic heterocycles. The molecule has 2 unspecified atom stereocenters. The summed E-state index contributed by atoms with van der Waals surface area (Å²) in [7, 11) is -4.41. The molecule has 0 radical (unpaired) electrons. The summed E-state index contributed by atoms with van der Waals surface area (Å²) in [5.41, 5.74) is 0. The number of aliphatic hydroxyl groups excluding tert-OH is 1. The SMILES string of the molecule is CCCCCCCCCCCC(C(O)CCCCC)S(=O)(=O)[O-].[K+]. The summed E-state index contributed by atoms with van der Waals surface area (Å²) in [5, 5.41) is 8.89. The van der Waals surface area contributed by atoms with E-state index in [0.29, 0.717) is 19.3 Å². The van der Waals surface area contributed by atoms with Crippen LogP contribution in [0.2, 0.25) is 0 Å². The maximum atomic E-state index is 11.4. The Kier molecular flexibility index (Phi) is 20.7. The van der Waals surface area contributed by atoms with Crippen LogP contribution in [-0.2, 0) is 10.1 Å². The van der Waals surface area contributed by atoms with Crippen molar-refractivity contribution in [2.24, 2.45) is 0 Å². The second-order valence-electron chi connectivity index (χ2n) is 6.71. The summed E-state index contributed by atoms with van der Waals surface area (Å²) in [6.45, 7) is 4.26. The molecule has 2 atom stereocenters. The van der Waals surface area contributed by atoms with Crippen LogP contribution in [-0.4, -0.2) is 29.4 Å². The summed E-state index contributed by atoms with van der Waals surface area (Å²) >= 11 is 0. The molecule has 0 aromatic carbocycles. The van der Waals surface area contributed by atoms with Crippen molar-refractivity contribution in [3.63, 3.8) is 0 Å². The van der Waals surface area contributed by atoms with Gasteiger partial charge in [0.25, 0.3) is 0 Å². The van der Waals surface area contributed by atoms with Crippen molar-refractivity contribution in [1.82, 2.24) is 0 Å². The molecule has 0 spiro atoms. The average molecular weight is 389 g/mol. The molecule has 24 heavy (non-hydrogen) atoms. The monoisotopic (exact) mass is 388 g/mol. The van der Waals surface area contributed by atoms with Crippen molar-refractivity contribution >= 4 is 10.1 Å². The van der Waals surface area contributed by atoms with Gasteiger partial charge in [-0.05, 0) is 12.8 Å². The van der Waals surface area contributed by atoms with Gasteiger partial charge in [0.05, 0.1) is 11.4 Å². The van der Waals surface area contributed by atoms with Gasteiger partial charge in [0.15, 0.2) is 0 Å². The van der Waals surface area contributed by atoms with Crippen molar-refractivity contribution in [3.05, 3.63) is 0 Å². The van der Waals surface area contributed by atoms with Crippen molar-refractivity contribution in [2.45, 2.75) is 115 Å². The fourth-order valence-electron chi connectivity index (χ4n) is 2.97. The van der Waals surface area contributed by atoms with Crippen LogP contribution < -0.4 is 51.4 Å². The van der Waals surface area contributed by atoms with E-state index >= 15 is 0 Å². The van der Waals surface area contributed by atoms with E-state index in [1.54, 1.807) is 0 Å². The fourth-order valence-corrected chi connectivity index (χ4v) is 3.95. The van der Waals surface area contributed by atoms with Crippen LogP contribution in [0, 0.1) is 0 Å². The Hall–Kier alpha value is 1.51. The normalized spacial score (nSPS) is 14.2. The van der Waals surface area contributed by atoms with Crippen molar-refractivity contribution in [2.75, 3.05) is 0 Å². The smallest absolute Gasteiger partial charge is 0.748 e. The summed E-state index contributed by atoms with van der Waals surface area (Å²) < 4.78 is 34.1. The predicted molar refractivity (Wildman–Crippen MR) is 95.5 cm³/mol. The second kappa shape index (κ2) is 17.9. The molecule has 1 N–H and O–H groups in total. The Morgan fingerprint density at radius 2 is 1.12 bits per heavy atom. The molecule has 4 nitrogen and oxygen atoms in total. The number of aliphatic hydroxyl groups is 1. The van der Waals surface area contributed by atoms with E-state index in [2.05, 4.69) is 13.8 Å². The minimum atomic E-state index is -4.41. The second-order valence-corrected chi connectivity index (χ2v) is 8.30. The topological polar surface area (TPSA) is 77.4 Å². The zero-order valence-electron chi connectivity index (χ0n) is 16.1. The van der Waals surface area contributed by atoms with Crippen molar-refractivity contribution in [1.29, 1.82) is 0 Å². The zero-order valence-corrected chi connectivity index (χ0v) is 20.1. The largest absolute Gasteiger partial charge is 1.00 e. The maximum Gasteiger partial charge on any atom is 1.00 e. The van der Waals surface area contributed by atoms with Crippen LogP contribution in [0.5, 0.6) is 0 Å². The van der Waals surface area contributed by atoms with Gasteiger partial charge >= 0.3 is 51.4 Å². The number of rotatable bonds is 16. The average Bonchev–Trinajstić information content (AvgIpc) is 2.48. The van der Waals surface area contributed by atoms with Crippen LogP contribution >= 0.6 is 0 Å². The third-order valence-corrected chi connectivity index (χ3v) is 5.79. The molecule has 0 bridgehead atoms. The Labute approximate surface area is 192 Å². The van der Waals surface area contributed by atoms with E-state index in [1.165, 1.54) is 38.5 Å². The molecule has 0 fully saturated rings. The van der Waals surface area contributed by atoms with E-state index in [-0.39, 0.29) is 51.4 Å². The van der Waals surface area contributed by atoms with Gasteiger partial charge in [0.2, 0.25) is 0 Å². The molecule has 0 saturated heterocycles. The summed E-state index contributed by atoms with van der Waals surface area (Å²) in [5.74, 6) is 0. The third kappa shape index (κ3) is 15.7. The maximum absolute atomic E-state index is 11.4. The first-order valence-corrected chi connectivity index (χ1v) is 11.0. The van der Waals surface area contributed by atoms with E-state index in [0.717, 1.165) is 32.1 Å². The first-order valence-electron chi connectivity index (χ1n) is 9.56. The zero-order chi connectivity index (χ0) is 17.6. The molecule has 0 aliphatic heterocycles. The van der Waals surface area contributed by atoms with Gasteiger partial charge in [-0.3, -0.25) is 0 Å². The Balaban J connectivity index is 0. The van der Waals surface area contributed by atoms with Gasteiger partial charge < -0.3 is 9.66 Å². The van der Waals surface area contributed by atoms with E-state index in [4.69, 9.17) is 0 Å². The van der Waals surface area contributed by atoms with Crippen LogP contribution in [0.15, 0.2) is 0 Å². The van der Waals surface area contributed by atoms with Crippen LogP contribution in [0.25, 0.3) is 0 Å². The summed E-state index contributed by atoms with van der Waals surface area (Å²) in [4.78, 5) is 0. The summed E-state index contributed by atoms with van der Waals surface area (Å²) in [6, 6.07) is 0. The molecule has 0 aliphatic rings.